The van der Waals surface area contributed by atoms with Crippen molar-refractivity contribution in [3.05, 3.63) is 70.2 Å². The number of nitrogens with one attached hydrogen (secondary N) is 2. The molecule has 0 aliphatic heterocycles. The van der Waals surface area contributed by atoms with Crippen molar-refractivity contribution in [2.75, 3.05) is 10.0 Å². The maximum absolute atomic E-state index is 12.4. The van der Waals surface area contributed by atoms with Gasteiger partial charge in [-0.1, -0.05) is 35.4 Å². The van der Waals surface area contributed by atoms with Crippen LogP contribution in [0.15, 0.2) is 52.7 Å². The fourth-order valence-corrected chi connectivity index (χ4v) is 4.77. The van der Waals surface area contributed by atoms with Gasteiger partial charge in [-0.3, -0.25) is 9.52 Å². The smallest absolute Gasteiger partial charge is 0.263 e. The van der Waals surface area contributed by atoms with E-state index in [9.17, 15) is 13.2 Å². The third-order valence-electron chi connectivity index (χ3n) is 4.37. The van der Waals surface area contributed by atoms with Gasteiger partial charge in [0, 0.05) is 17.5 Å². The van der Waals surface area contributed by atoms with Crippen molar-refractivity contribution in [2.24, 2.45) is 0 Å². The minimum atomic E-state index is -3.68. The van der Waals surface area contributed by atoms with Crippen LogP contribution in [0, 0.1) is 20.8 Å². The maximum atomic E-state index is 12.4. The minimum absolute atomic E-state index is 0.105. The number of anilines is 2. The number of carbonyl (C=O) groups is 1. The first-order chi connectivity index (χ1) is 13.7. The Morgan fingerprint density at radius 3 is 2.41 bits per heavy atom. The van der Waals surface area contributed by atoms with E-state index in [2.05, 4.69) is 15.0 Å². The van der Waals surface area contributed by atoms with E-state index in [-0.39, 0.29) is 22.4 Å². The molecule has 29 heavy (non-hydrogen) atoms. The molecule has 2 aromatic carbocycles. The number of nitrogens with zero attached hydrogens (tertiary/aromatic N) is 1. The summed E-state index contributed by atoms with van der Waals surface area (Å²) in [7, 11) is -3.68. The number of carbonyl (C=O) groups excluding carboxylic acids is 1. The van der Waals surface area contributed by atoms with Crippen LogP contribution in [0.2, 0.25) is 0 Å². The summed E-state index contributed by atoms with van der Waals surface area (Å²) in [4.78, 5) is 16.7. The van der Waals surface area contributed by atoms with Crippen molar-refractivity contribution in [1.82, 2.24) is 4.98 Å². The quantitative estimate of drug-likeness (QED) is 0.581. The highest BCUT2D eigenvalue weighted by atomic mass is 32.2. The maximum Gasteiger partial charge on any atom is 0.263 e. The van der Waals surface area contributed by atoms with Crippen LogP contribution in [-0.2, 0) is 21.2 Å². The first-order valence-corrected chi connectivity index (χ1v) is 11.5. The second-order valence-corrected chi connectivity index (χ2v) is 9.47. The van der Waals surface area contributed by atoms with Gasteiger partial charge in [-0.05, 0) is 51.0 Å². The molecule has 0 spiro atoms. The van der Waals surface area contributed by atoms with Crippen LogP contribution in [0.3, 0.4) is 0 Å². The second-order valence-electron chi connectivity index (χ2n) is 6.93. The molecule has 1 heterocycles. The molecule has 0 radical (unpaired) electrons. The number of sulfonamides is 1. The van der Waals surface area contributed by atoms with Crippen molar-refractivity contribution in [2.45, 2.75) is 38.5 Å². The Balaban J connectivity index is 1.57. The summed E-state index contributed by atoms with van der Waals surface area (Å²) in [6.45, 7) is 5.86. The SMILES string of the molecule is Cc1ccc(S(=O)(=O)Nc2nc(CCC(=O)Nc3ccc(C)cc3C)cs2)cc1. The lowest BCUT2D eigenvalue weighted by atomic mass is 10.1. The van der Waals surface area contributed by atoms with Crippen LogP contribution < -0.4 is 10.0 Å². The summed E-state index contributed by atoms with van der Waals surface area (Å²) in [6, 6.07) is 12.5. The van der Waals surface area contributed by atoms with E-state index in [1.54, 1.807) is 29.6 Å². The molecule has 0 unspecified atom stereocenters. The summed E-state index contributed by atoms with van der Waals surface area (Å²) in [5, 5.41) is 4.95. The number of aromatic nitrogens is 1. The Labute approximate surface area is 175 Å². The summed E-state index contributed by atoms with van der Waals surface area (Å²) in [5.41, 5.74) is 4.61. The van der Waals surface area contributed by atoms with E-state index in [1.165, 1.54) is 11.3 Å². The van der Waals surface area contributed by atoms with Crippen molar-refractivity contribution in [3.8, 4) is 0 Å². The van der Waals surface area contributed by atoms with Gasteiger partial charge in [0.15, 0.2) is 5.13 Å². The third-order valence-corrected chi connectivity index (χ3v) is 6.66. The predicted octanol–water partition coefficient (Wildman–Crippen LogP) is 4.44. The topological polar surface area (TPSA) is 88.2 Å². The van der Waals surface area contributed by atoms with E-state index in [4.69, 9.17) is 0 Å². The van der Waals surface area contributed by atoms with Crippen LogP contribution >= 0.6 is 11.3 Å². The number of thiazole rings is 1. The van der Waals surface area contributed by atoms with Crippen LogP contribution in [0.25, 0.3) is 0 Å². The molecule has 2 N–H and O–H groups in total. The van der Waals surface area contributed by atoms with E-state index >= 15 is 0 Å². The third kappa shape index (κ3) is 5.65. The molecule has 8 heteroatoms. The van der Waals surface area contributed by atoms with Crippen molar-refractivity contribution < 1.29 is 13.2 Å². The van der Waals surface area contributed by atoms with Crippen molar-refractivity contribution >= 4 is 38.1 Å². The highest BCUT2D eigenvalue weighted by Gasteiger charge is 2.16. The number of rotatable bonds is 7. The molecule has 3 rings (SSSR count). The Hall–Kier alpha value is -2.71. The first kappa shape index (κ1) is 21.0. The molecule has 0 fully saturated rings. The molecule has 1 amide bonds. The molecule has 0 bridgehead atoms. The van der Waals surface area contributed by atoms with E-state index in [0.29, 0.717) is 12.1 Å². The lowest BCUT2D eigenvalue weighted by Crippen LogP contribution is -2.14. The average molecular weight is 430 g/mol. The van der Waals surface area contributed by atoms with Crippen LogP contribution in [0.1, 0.15) is 28.8 Å². The molecule has 0 saturated carbocycles. The molecule has 0 aliphatic rings. The monoisotopic (exact) mass is 429 g/mol. The molecule has 152 valence electrons. The molecule has 0 saturated heterocycles. The minimum Gasteiger partial charge on any atom is -0.326 e. The van der Waals surface area contributed by atoms with Gasteiger partial charge in [-0.2, -0.15) is 0 Å². The normalized spacial score (nSPS) is 11.3. The largest absolute Gasteiger partial charge is 0.326 e. The van der Waals surface area contributed by atoms with Gasteiger partial charge in [0.2, 0.25) is 5.91 Å². The number of hydrogen-bond acceptors (Lipinski definition) is 5. The zero-order chi connectivity index (χ0) is 21.0. The lowest BCUT2D eigenvalue weighted by molar-refractivity contribution is -0.116. The van der Waals surface area contributed by atoms with E-state index in [0.717, 1.165) is 22.4 Å². The molecule has 3 aromatic rings. The predicted molar refractivity (Wildman–Crippen MR) is 117 cm³/mol. The Morgan fingerprint density at radius 2 is 1.72 bits per heavy atom. The summed E-state index contributed by atoms with van der Waals surface area (Å²) in [6.07, 6.45) is 0.695. The van der Waals surface area contributed by atoms with Gasteiger partial charge < -0.3 is 5.32 Å². The second kappa shape index (κ2) is 8.75. The van der Waals surface area contributed by atoms with Crippen molar-refractivity contribution in [3.63, 3.8) is 0 Å². The van der Waals surface area contributed by atoms with Gasteiger partial charge in [0.1, 0.15) is 0 Å². The number of aryl methyl sites for hydroxylation is 4. The summed E-state index contributed by atoms with van der Waals surface area (Å²) < 4.78 is 27.4. The molecule has 1 aromatic heterocycles. The molecular weight excluding hydrogens is 406 g/mol. The molecule has 6 nitrogen and oxygen atoms in total. The molecular formula is C21H23N3O3S2. The Morgan fingerprint density at radius 1 is 1.03 bits per heavy atom. The van der Waals surface area contributed by atoms with Gasteiger partial charge in [-0.25, -0.2) is 13.4 Å². The zero-order valence-corrected chi connectivity index (χ0v) is 18.2. The fourth-order valence-electron chi connectivity index (χ4n) is 2.77. The molecule has 0 atom stereocenters. The van der Waals surface area contributed by atoms with Gasteiger partial charge in [0.05, 0.1) is 10.6 Å². The van der Waals surface area contributed by atoms with Crippen LogP contribution in [-0.4, -0.2) is 19.3 Å². The highest BCUT2D eigenvalue weighted by molar-refractivity contribution is 7.93. The Kier molecular flexibility index (Phi) is 6.34. The number of hydrogen-bond donors (Lipinski definition) is 2. The summed E-state index contributed by atoms with van der Waals surface area (Å²) in [5.74, 6) is -0.105. The van der Waals surface area contributed by atoms with E-state index in [1.807, 2.05) is 39.0 Å². The highest BCUT2D eigenvalue weighted by Crippen LogP contribution is 2.22. The van der Waals surface area contributed by atoms with Gasteiger partial charge in [-0.15, -0.1) is 11.3 Å². The van der Waals surface area contributed by atoms with Crippen LogP contribution in [0.4, 0.5) is 10.8 Å². The zero-order valence-electron chi connectivity index (χ0n) is 16.5. The van der Waals surface area contributed by atoms with E-state index < -0.39 is 10.0 Å². The average Bonchev–Trinajstić information content (AvgIpc) is 3.09. The molecule has 0 aliphatic carbocycles. The summed E-state index contributed by atoms with van der Waals surface area (Å²) >= 11 is 1.20. The Bertz CT molecular complexity index is 1120. The first-order valence-electron chi connectivity index (χ1n) is 9.14. The van der Waals surface area contributed by atoms with Gasteiger partial charge in [0.25, 0.3) is 10.0 Å². The fraction of sp³-hybridized carbons (Fsp3) is 0.238. The van der Waals surface area contributed by atoms with Crippen LogP contribution in [0.5, 0.6) is 0 Å². The number of benzene rings is 2. The standard InChI is InChI=1S/C21H23N3O3S2/c1-14-4-8-18(9-5-14)29(26,27)24-21-22-17(13-28-21)7-11-20(25)23-19-10-6-15(2)12-16(19)3/h4-6,8-10,12-13H,7,11H2,1-3H3,(H,22,24)(H,23,25). The number of amides is 1. The van der Waals surface area contributed by atoms with Gasteiger partial charge >= 0.3 is 0 Å². The van der Waals surface area contributed by atoms with Crippen molar-refractivity contribution in [1.29, 1.82) is 0 Å². The lowest BCUT2D eigenvalue weighted by Gasteiger charge is -2.08.